The molecule has 0 saturated carbocycles. The molecule has 0 bridgehead atoms. The Bertz CT molecular complexity index is 719. The number of hydrogen-bond donors (Lipinski definition) is 0. The summed E-state index contributed by atoms with van der Waals surface area (Å²) >= 11 is 0. The topological polar surface area (TPSA) is 64.2 Å². The second-order valence-corrected chi connectivity index (χ2v) is 9.08. The lowest BCUT2D eigenvalue weighted by Gasteiger charge is -2.39. The number of likely N-dealkylation sites (N-methyl/N-ethyl adjacent to an activating group) is 1. The third kappa shape index (κ3) is 4.43. The first-order chi connectivity index (χ1) is 12.4. The number of piperazine rings is 2. The number of carbonyl (C=O) groups is 1. The Hall–Kier alpha value is -1.48. The summed E-state index contributed by atoms with van der Waals surface area (Å²) in [7, 11) is -1.42. The van der Waals surface area contributed by atoms with Crippen molar-refractivity contribution >= 4 is 16.1 Å². The van der Waals surface area contributed by atoms with Gasteiger partial charge in [0.25, 0.3) is 10.2 Å². The van der Waals surface area contributed by atoms with Crippen LogP contribution >= 0.6 is 0 Å². The Kier molecular flexibility index (Phi) is 5.96. The average molecular weight is 381 g/mol. The second-order valence-electron chi connectivity index (χ2n) is 7.15. The van der Waals surface area contributed by atoms with Gasteiger partial charge in [-0.3, -0.25) is 4.79 Å². The van der Waals surface area contributed by atoms with Crippen LogP contribution in [0.15, 0.2) is 24.3 Å². The van der Waals surface area contributed by atoms with E-state index in [9.17, 15) is 13.2 Å². The van der Waals surface area contributed by atoms with E-state index in [1.54, 1.807) is 9.21 Å². The molecule has 0 N–H and O–H groups in total. The molecule has 2 saturated heterocycles. The fraction of sp³-hybridized carbons (Fsp3) is 0.611. The summed E-state index contributed by atoms with van der Waals surface area (Å²) in [6.45, 7) is 6.25. The molecule has 1 amide bonds. The number of hydrogen-bond acceptors (Lipinski definition) is 4. The summed E-state index contributed by atoms with van der Waals surface area (Å²) < 4.78 is 28.6. The summed E-state index contributed by atoms with van der Waals surface area (Å²) in [5, 5.41) is 0. The van der Waals surface area contributed by atoms with Crippen molar-refractivity contribution in [3.8, 4) is 0 Å². The monoisotopic (exact) mass is 380 g/mol. The maximum Gasteiger partial charge on any atom is 0.282 e. The fourth-order valence-electron chi connectivity index (χ4n) is 3.34. The van der Waals surface area contributed by atoms with E-state index in [1.807, 2.05) is 38.2 Å². The molecule has 0 atom stereocenters. The number of nitrogens with zero attached hydrogens (tertiary/aromatic N) is 4. The lowest BCUT2D eigenvalue weighted by atomic mass is 10.1. The minimum atomic E-state index is -3.42. The summed E-state index contributed by atoms with van der Waals surface area (Å²) in [5.74, 6) is 0.0606. The van der Waals surface area contributed by atoms with Crippen LogP contribution in [0.3, 0.4) is 0 Å². The van der Waals surface area contributed by atoms with Crippen LogP contribution in [0, 0.1) is 6.92 Å². The van der Waals surface area contributed by atoms with Crippen molar-refractivity contribution in [2.75, 3.05) is 59.4 Å². The molecule has 0 aliphatic carbocycles. The molecule has 0 unspecified atom stereocenters. The van der Waals surface area contributed by atoms with Crippen LogP contribution in [0.4, 0.5) is 0 Å². The van der Waals surface area contributed by atoms with Crippen molar-refractivity contribution < 1.29 is 13.2 Å². The van der Waals surface area contributed by atoms with Gasteiger partial charge in [0.05, 0.1) is 6.42 Å². The normalized spacial score (nSPS) is 21.1. The smallest absolute Gasteiger partial charge is 0.282 e. The van der Waals surface area contributed by atoms with Crippen molar-refractivity contribution in [3.63, 3.8) is 0 Å². The summed E-state index contributed by atoms with van der Waals surface area (Å²) in [4.78, 5) is 16.4. The van der Waals surface area contributed by atoms with Gasteiger partial charge in [-0.05, 0) is 19.5 Å². The van der Waals surface area contributed by atoms with Gasteiger partial charge < -0.3 is 9.80 Å². The molecule has 2 aliphatic heterocycles. The van der Waals surface area contributed by atoms with Gasteiger partial charge in [-0.2, -0.15) is 17.0 Å². The second kappa shape index (κ2) is 8.04. The van der Waals surface area contributed by atoms with Crippen LogP contribution in [-0.4, -0.2) is 92.1 Å². The number of amides is 1. The van der Waals surface area contributed by atoms with Crippen molar-refractivity contribution in [2.45, 2.75) is 13.3 Å². The highest BCUT2D eigenvalue weighted by Gasteiger charge is 2.34. The third-order valence-electron chi connectivity index (χ3n) is 5.18. The zero-order valence-electron chi connectivity index (χ0n) is 15.6. The van der Waals surface area contributed by atoms with Crippen molar-refractivity contribution in [3.05, 3.63) is 35.4 Å². The predicted octanol–water partition coefficient (Wildman–Crippen LogP) is 0.174. The standard InChI is InChI=1S/C18H28N4O3S/c1-16-3-5-17(6-4-16)15-18(23)20-9-13-22(14-10-20)26(24,25)21-11-7-19(2)8-12-21/h3-6H,7-15H2,1-2H3. The molecule has 1 aromatic carbocycles. The SMILES string of the molecule is Cc1ccc(CC(=O)N2CCN(S(=O)(=O)N3CCN(C)CC3)CC2)cc1. The summed E-state index contributed by atoms with van der Waals surface area (Å²) in [6.07, 6.45) is 0.367. The zero-order chi connectivity index (χ0) is 18.7. The van der Waals surface area contributed by atoms with Gasteiger partial charge >= 0.3 is 0 Å². The van der Waals surface area contributed by atoms with E-state index in [0.717, 1.165) is 18.7 Å². The Morgan fingerprint density at radius 2 is 1.38 bits per heavy atom. The number of aryl methyl sites for hydroxylation is 1. The fourth-order valence-corrected chi connectivity index (χ4v) is 4.92. The molecule has 144 valence electrons. The molecule has 8 heteroatoms. The number of rotatable bonds is 4. The van der Waals surface area contributed by atoms with Crippen molar-refractivity contribution in [2.24, 2.45) is 0 Å². The van der Waals surface area contributed by atoms with E-state index in [2.05, 4.69) is 4.90 Å². The molecule has 2 aliphatic rings. The quantitative estimate of drug-likeness (QED) is 0.747. The van der Waals surface area contributed by atoms with Gasteiger partial charge in [-0.25, -0.2) is 0 Å². The molecular weight excluding hydrogens is 352 g/mol. The van der Waals surface area contributed by atoms with Gasteiger partial charge in [0.1, 0.15) is 0 Å². The van der Waals surface area contributed by atoms with Crippen LogP contribution in [0.5, 0.6) is 0 Å². The molecule has 26 heavy (non-hydrogen) atoms. The Labute approximate surface area is 156 Å². The van der Waals surface area contributed by atoms with Crippen LogP contribution < -0.4 is 0 Å². The lowest BCUT2D eigenvalue weighted by Crippen LogP contribution is -2.57. The maximum absolute atomic E-state index is 12.8. The van der Waals surface area contributed by atoms with Crippen molar-refractivity contribution in [1.29, 1.82) is 0 Å². The first kappa shape index (κ1) is 19.3. The predicted molar refractivity (Wildman–Crippen MR) is 101 cm³/mol. The van der Waals surface area contributed by atoms with Gasteiger partial charge in [0, 0.05) is 52.4 Å². The van der Waals surface area contributed by atoms with E-state index in [1.165, 1.54) is 9.87 Å². The van der Waals surface area contributed by atoms with Crippen LogP contribution in [0.1, 0.15) is 11.1 Å². The molecular formula is C18H28N4O3S. The molecule has 1 aromatic rings. The highest BCUT2D eigenvalue weighted by atomic mass is 32.2. The first-order valence-electron chi connectivity index (χ1n) is 9.13. The Balaban J connectivity index is 1.53. The number of benzene rings is 1. The first-order valence-corrected chi connectivity index (χ1v) is 10.5. The molecule has 3 rings (SSSR count). The third-order valence-corrected chi connectivity index (χ3v) is 7.22. The van der Waals surface area contributed by atoms with Gasteiger partial charge in [0.2, 0.25) is 5.91 Å². The zero-order valence-corrected chi connectivity index (χ0v) is 16.4. The highest BCUT2D eigenvalue weighted by Crippen LogP contribution is 2.15. The van der Waals surface area contributed by atoms with E-state index >= 15 is 0 Å². The van der Waals surface area contributed by atoms with E-state index in [4.69, 9.17) is 0 Å². The van der Waals surface area contributed by atoms with E-state index < -0.39 is 10.2 Å². The Morgan fingerprint density at radius 3 is 1.92 bits per heavy atom. The summed E-state index contributed by atoms with van der Waals surface area (Å²) in [6, 6.07) is 7.95. The molecule has 7 nitrogen and oxygen atoms in total. The van der Waals surface area contributed by atoms with Crippen LogP contribution in [0.25, 0.3) is 0 Å². The lowest BCUT2D eigenvalue weighted by molar-refractivity contribution is -0.131. The molecule has 0 spiro atoms. The molecule has 0 radical (unpaired) electrons. The average Bonchev–Trinajstić information content (AvgIpc) is 2.64. The summed E-state index contributed by atoms with van der Waals surface area (Å²) in [5.41, 5.74) is 2.16. The molecule has 2 fully saturated rings. The number of carbonyl (C=O) groups excluding carboxylic acids is 1. The van der Waals surface area contributed by atoms with Gasteiger partial charge in [-0.15, -0.1) is 0 Å². The van der Waals surface area contributed by atoms with E-state index in [0.29, 0.717) is 45.7 Å². The maximum atomic E-state index is 12.8. The van der Waals surface area contributed by atoms with Crippen LogP contribution in [-0.2, 0) is 21.4 Å². The highest BCUT2D eigenvalue weighted by molar-refractivity contribution is 7.86. The van der Waals surface area contributed by atoms with Gasteiger partial charge in [-0.1, -0.05) is 29.8 Å². The molecule has 0 aromatic heterocycles. The Morgan fingerprint density at radius 1 is 0.885 bits per heavy atom. The van der Waals surface area contributed by atoms with Crippen molar-refractivity contribution in [1.82, 2.24) is 18.4 Å². The molecule has 2 heterocycles. The minimum absolute atomic E-state index is 0.0606. The minimum Gasteiger partial charge on any atom is -0.340 e. The van der Waals surface area contributed by atoms with Gasteiger partial charge in [0.15, 0.2) is 0 Å². The largest absolute Gasteiger partial charge is 0.340 e. The van der Waals surface area contributed by atoms with Crippen LogP contribution in [0.2, 0.25) is 0 Å². The van der Waals surface area contributed by atoms with E-state index in [-0.39, 0.29) is 5.91 Å².